The van der Waals surface area contributed by atoms with Gasteiger partial charge >= 0.3 is 11.7 Å². The van der Waals surface area contributed by atoms with Gasteiger partial charge in [-0.3, -0.25) is 24.5 Å². The normalized spacial score (nSPS) is 27.4. The largest absolute Gasteiger partial charge is 0.419 e. The molecule has 7 rings (SSSR count). The van der Waals surface area contributed by atoms with Crippen molar-refractivity contribution in [1.29, 1.82) is 0 Å². The molecule has 3 aromatic carbocycles. The molecule has 36 heavy (non-hydrogen) atoms. The third-order valence-corrected chi connectivity index (χ3v) is 9.93. The Morgan fingerprint density at radius 3 is 1.72 bits per heavy atom. The molecule has 1 saturated heterocycles. The summed E-state index contributed by atoms with van der Waals surface area (Å²) in [5.41, 5.74) is 3.08. The van der Waals surface area contributed by atoms with Crippen LogP contribution in [0.1, 0.15) is 29.2 Å². The number of halogens is 2. The first-order valence-corrected chi connectivity index (χ1v) is 12.6. The molecular weight excluding hydrogens is 596 g/mol. The lowest BCUT2D eigenvalue weighted by molar-refractivity contribution is -0.385. The van der Waals surface area contributed by atoms with Gasteiger partial charge in [0.25, 0.3) is 0 Å². The van der Waals surface area contributed by atoms with Gasteiger partial charge in [-0.05, 0) is 34.4 Å². The number of benzene rings is 3. The van der Waals surface area contributed by atoms with E-state index in [1.54, 1.807) is 0 Å². The number of carbonyl (C=O) groups is 3. The summed E-state index contributed by atoms with van der Waals surface area (Å²) in [6, 6.07) is 19.1. The molecule has 3 aromatic rings. The van der Waals surface area contributed by atoms with E-state index in [-0.39, 0.29) is 11.4 Å². The highest BCUT2D eigenvalue weighted by Crippen LogP contribution is 2.70. The van der Waals surface area contributed by atoms with Gasteiger partial charge in [0.2, 0.25) is 17.6 Å². The van der Waals surface area contributed by atoms with Crippen molar-refractivity contribution in [3.05, 3.63) is 99.1 Å². The SMILES string of the molecule is CC(=O)Oc1ccc(N2C(=O)[C@@H]3[C@H](C2=O)C2(Br)c4ccccc4C3(Br)c3ccccc32)cc1[N+](=O)[O-]. The van der Waals surface area contributed by atoms with Crippen molar-refractivity contribution < 1.29 is 24.0 Å². The van der Waals surface area contributed by atoms with Crippen LogP contribution in [0.4, 0.5) is 11.4 Å². The Balaban J connectivity index is 1.56. The second kappa shape index (κ2) is 7.57. The van der Waals surface area contributed by atoms with Gasteiger partial charge in [-0.2, -0.15) is 0 Å². The van der Waals surface area contributed by atoms with Gasteiger partial charge in [0.15, 0.2) is 0 Å². The lowest BCUT2D eigenvalue weighted by Crippen LogP contribution is -2.56. The predicted octanol–water partition coefficient (Wildman–Crippen LogP) is 4.93. The summed E-state index contributed by atoms with van der Waals surface area (Å²) in [6.07, 6.45) is 0. The van der Waals surface area contributed by atoms with E-state index < -0.39 is 48.9 Å². The Morgan fingerprint density at radius 2 is 1.33 bits per heavy atom. The number of ether oxygens (including phenoxy) is 1. The van der Waals surface area contributed by atoms with Crippen LogP contribution in [-0.2, 0) is 23.0 Å². The predicted molar refractivity (Wildman–Crippen MR) is 136 cm³/mol. The molecule has 3 aliphatic carbocycles. The number of rotatable bonds is 3. The summed E-state index contributed by atoms with van der Waals surface area (Å²) in [5.74, 6) is -3.53. The maximum Gasteiger partial charge on any atom is 0.313 e. The second-order valence-electron chi connectivity index (χ2n) is 8.98. The number of amides is 2. The zero-order chi connectivity index (χ0) is 25.6. The molecule has 1 fully saturated rings. The fraction of sp³-hybridized carbons (Fsp3) is 0.192. The number of alkyl halides is 2. The molecule has 0 spiro atoms. The molecule has 180 valence electrons. The number of esters is 1. The fourth-order valence-electron chi connectivity index (χ4n) is 5.95. The van der Waals surface area contributed by atoms with Crippen molar-refractivity contribution >= 4 is 61.0 Å². The van der Waals surface area contributed by atoms with Crippen molar-refractivity contribution in [2.24, 2.45) is 11.8 Å². The van der Waals surface area contributed by atoms with Crippen molar-refractivity contribution in [2.75, 3.05) is 4.90 Å². The summed E-state index contributed by atoms with van der Waals surface area (Å²) >= 11 is 7.84. The van der Waals surface area contributed by atoms with Gasteiger partial charge in [-0.1, -0.05) is 80.4 Å². The number of anilines is 1. The van der Waals surface area contributed by atoms with Crippen LogP contribution in [0.5, 0.6) is 5.75 Å². The van der Waals surface area contributed by atoms with Crippen molar-refractivity contribution in [3.8, 4) is 5.75 Å². The highest BCUT2D eigenvalue weighted by molar-refractivity contribution is 9.10. The minimum Gasteiger partial charge on any atom is -0.419 e. The van der Waals surface area contributed by atoms with Crippen molar-refractivity contribution in [2.45, 2.75) is 15.6 Å². The number of imide groups is 1. The van der Waals surface area contributed by atoms with Crippen LogP contribution in [0.2, 0.25) is 0 Å². The molecule has 0 unspecified atom stereocenters. The van der Waals surface area contributed by atoms with Crippen LogP contribution < -0.4 is 9.64 Å². The van der Waals surface area contributed by atoms with E-state index in [0.717, 1.165) is 40.1 Å². The molecule has 2 atom stereocenters. The maximum atomic E-state index is 14.1. The summed E-state index contributed by atoms with van der Waals surface area (Å²) in [4.78, 5) is 51.5. The van der Waals surface area contributed by atoms with E-state index in [0.29, 0.717) is 0 Å². The van der Waals surface area contributed by atoms with Crippen LogP contribution in [0.25, 0.3) is 0 Å². The minimum atomic E-state index is -0.967. The van der Waals surface area contributed by atoms with Gasteiger partial charge in [0, 0.05) is 13.0 Å². The third kappa shape index (κ3) is 2.71. The number of nitro groups is 1. The van der Waals surface area contributed by atoms with E-state index in [9.17, 15) is 24.5 Å². The van der Waals surface area contributed by atoms with Crippen molar-refractivity contribution in [3.63, 3.8) is 0 Å². The highest BCUT2D eigenvalue weighted by atomic mass is 79.9. The van der Waals surface area contributed by atoms with Gasteiger partial charge in [-0.25, -0.2) is 4.90 Å². The molecule has 1 aliphatic heterocycles. The molecule has 0 aromatic heterocycles. The molecule has 0 radical (unpaired) electrons. The summed E-state index contributed by atoms with van der Waals surface area (Å²) in [5, 5.41) is 11.7. The molecule has 2 amide bonds. The molecular formula is C26H16Br2N2O6. The van der Waals surface area contributed by atoms with Crippen molar-refractivity contribution in [1.82, 2.24) is 0 Å². The maximum absolute atomic E-state index is 14.1. The van der Waals surface area contributed by atoms with E-state index >= 15 is 0 Å². The zero-order valence-corrected chi connectivity index (χ0v) is 21.8. The standard InChI is InChI=1S/C26H16Br2N2O6/c1-13(31)36-20-11-10-14(12-19(20)30(34)35)29-23(32)21-22(24(29)33)26(28)16-7-3-2-6-15(16)25(21,27)17-8-4-5-9-18(17)26/h2-12,21-22H,1H3/t21-,22+,25?,26?. The first-order chi connectivity index (χ1) is 17.1. The van der Waals surface area contributed by atoms with Crippen LogP contribution in [0, 0.1) is 22.0 Å². The monoisotopic (exact) mass is 610 g/mol. The first kappa shape index (κ1) is 23.1. The molecule has 0 N–H and O–H groups in total. The zero-order valence-electron chi connectivity index (χ0n) is 18.6. The van der Waals surface area contributed by atoms with Crippen LogP contribution in [0.15, 0.2) is 66.7 Å². The van der Waals surface area contributed by atoms with E-state index in [2.05, 4.69) is 31.9 Å². The van der Waals surface area contributed by atoms with Gasteiger partial charge in [0.05, 0.1) is 31.1 Å². The lowest BCUT2D eigenvalue weighted by Gasteiger charge is -2.55. The molecule has 8 nitrogen and oxygen atoms in total. The van der Waals surface area contributed by atoms with Crippen LogP contribution in [0.3, 0.4) is 0 Å². The average Bonchev–Trinajstić information content (AvgIpc) is 3.13. The smallest absolute Gasteiger partial charge is 0.313 e. The van der Waals surface area contributed by atoms with Gasteiger partial charge in [0.1, 0.15) is 0 Å². The Hall–Kier alpha value is -3.37. The fourth-order valence-corrected chi connectivity index (χ4v) is 8.25. The average molecular weight is 612 g/mol. The Kier molecular flexibility index (Phi) is 4.84. The quantitative estimate of drug-likeness (QED) is 0.104. The number of nitro benzene ring substituents is 1. The van der Waals surface area contributed by atoms with Gasteiger partial charge in [-0.15, -0.1) is 0 Å². The number of nitrogens with zero attached hydrogens (tertiary/aromatic N) is 2. The lowest BCUT2D eigenvalue weighted by atomic mass is 9.54. The first-order valence-electron chi connectivity index (χ1n) is 11.0. The second-order valence-corrected chi connectivity index (χ2v) is 11.5. The molecule has 1 heterocycles. The number of carbonyl (C=O) groups excluding carboxylic acids is 3. The van der Waals surface area contributed by atoms with E-state index in [1.165, 1.54) is 12.1 Å². The summed E-state index contributed by atoms with van der Waals surface area (Å²) in [6.45, 7) is 1.13. The third-order valence-electron chi connectivity index (χ3n) is 7.24. The van der Waals surface area contributed by atoms with Crippen LogP contribution >= 0.6 is 31.9 Å². The highest BCUT2D eigenvalue weighted by Gasteiger charge is 2.72. The van der Waals surface area contributed by atoms with Crippen LogP contribution in [-0.4, -0.2) is 22.7 Å². The van der Waals surface area contributed by atoms with E-state index in [1.807, 2.05) is 48.5 Å². The topological polar surface area (TPSA) is 107 Å². The number of hydrogen-bond donors (Lipinski definition) is 0. The molecule has 2 bridgehead atoms. The summed E-state index contributed by atoms with van der Waals surface area (Å²) < 4.78 is 3.02. The van der Waals surface area contributed by atoms with Gasteiger partial charge < -0.3 is 4.74 Å². The Bertz CT molecular complexity index is 1410. The Labute approximate surface area is 221 Å². The molecule has 0 saturated carbocycles. The van der Waals surface area contributed by atoms with E-state index in [4.69, 9.17) is 4.74 Å². The summed E-state index contributed by atoms with van der Waals surface area (Å²) in [7, 11) is 0. The number of hydrogen-bond acceptors (Lipinski definition) is 6. The minimum absolute atomic E-state index is 0.0433. The Morgan fingerprint density at radius 1 is 0.889 bits per heavy atom. The molecule has 10 heteroatoms. The molecule has 4 aliphatic rings.